The molecule has 0 aliphatic carbocycles. The van der Waals surface area contributed by atoms with Crippen molar-refractivity contribution in [2.45, 2.75) is 6.54 Å². The fourth-order valence-electron chi connectivity index (χ4n) is 2.43. The number of aromatic nitrogens is 2. The van der Waals surface area contributed by atoms with E-state index >= 15 is 0 Å². The number of benzene rings is 2. The number of hydrogen-bond acceptors (Lipinski definition) is 6. The van der Waals surface area contributed by atoms with Gasteiger partial charge in [0, 0.05) is 12.6 Å². The van der Waals surface area contributed by atoms with Gasteiger partial charge in [0.1, 0.15) is 28.8 Å². The van der Waals surface area contributed by atoms with Crippen LogP contribution in [0.4, 0.5) is 15.9 Å². The summed E-state index contributed by atoms with van der Waals surface area (Å²) in [5.41, 5.74) is 1.61. The third-order valence-corrected chi connectivity index (χ3v) is 3.92. The van der Waals surface area contributed by atoms with Crippen molar-refractivity contribution in [3.05, 3.63) is 71.9 Å². The zero-order valence-corrected chi connectivity index (χ0v) is 15.4. The van der Waals surface area contributed by atoms with E-state index < -0.39 is 0 Å². The van der Waals surface area contributed by atoms with Gasteiger partial charge in [-0.1, -0.05) is 12.1 Å². The molecule has 0 unspecified atom stereocenters. The molecule has 2 N–H and O–H groups in total. The molecule has 0 aliphatic rings. The average molecular weight is 382 g/mol. The normalized spacial score (nSPS) is 10.2. The summed E-state index contributed by atoms with van der Waals surface area (Å²) in [5, 5.41) is 5.80. The van der Waals surface area contributed by atoms with Gasteiger partial charge in [-0.15, -0.1) is 0 Å². The second-order valence-corrected chi connectivity index (χ2v) is 5.79. The van der Waals surface area contributed by atoms with E-state index in [0.29, 0.717) is 23.0 Å². The summed E-state index contributed by atoms with van der Waals surface area (Å²) >= 11 is 0. The predicted molar refractivity (Wildman–Crippen MR) is 102 cm³/mol. The number of rotatable bonds is 7. The lowest BCUT2D eigenvalue weighted by Gasteiger charge is -2.12. The van der Waals surface area contributed by atoms with E-state index in [0.717, 1.165) is 5.56 Å². The van der Waals surface area contributed by atoms with E-state index in [1.165, 1.54) is 24.5 Å². The van der Waals surface area contributed by atoms with Crippen LogP contribution in [-0.2, 0) is 6.54 Å². The van der Waals surface area contributed by atoms with Gasteiger partial charge in [0.25, 0.3) is 5.91 Å². The van der Waals surface area contributed by atoms with Crippen molar-refractivity contribution >= 4 is 17.4 Å². The van der Waals surface area contributed by atoms with Crippen LogP contribution in [0.15, 0.2) is 54.9 Å². The van der Waals surface area contributed by atoms with Crippen molar-refractivity contribution in [3.8, 4) is 11.5 Å². The Hall–Kier alpha value is -3.68. The standard InChI is InChI=1S/C20H19FN4O3/c1-27-15-7-8-18(28-2)16(9-15)25-19-12-22-17(11-23-19)20(26)24-10-13-3-5-14(21)6-4-13/h3-9,11-12H,10H2,1-2H3,(H,23,25)(H,24,26). The topological polar surface area (TPSA) is 85.4 Å². The van der Waals surface area contributed by atoms with Crippen LogP contribution in [0.25, 0.3) is 0 Å². The highest BCUT2D eigenvalue weighted by atomic mass is 19.1. The highest BCUT2D eigenvalue weighted by Crippen LogP contribution is 2.30. The van der Waals surface area contributed by atoms with E-state index in [4.69, 9.17) is 9.47 Å². The first kappa shape index (κ1) is 19.1. The maximum absolute atomic E-state index is 12.9. The molecular formula is C20H19FN4O3. The molecule has 144 valence electrons. The molecule has 1 aromatic heterocycles. The SMILES string of the molecule is COc1ccc(OC)c(Nc2cnc(C(=O)NCc3ccc(F)cc3)cn2)c1. The number of carbonyl (C=O) groups excluding carboxylic acids is 1. The molecule has 0 saturated carbocycles. The molecule has 2 aromatic carbocycles. The van der Waals surface area contributed by atoms with Gasteiger partial charge < -0.3 is 20.1 Å². The molecule has 8 heteroatoms. The van der Waals surface area contributed by atoms with Crippen molar-refractivity contribution in [2.24, 2.45) is 0 Å². The Morgan fingerprint density at radius 3 is 2.46 bits per heavy atom. The van der Waals surface area contributed by atoms with Gasteiger partial charge in [-0.2, -0.15) is 0 Å². The maximum Gasteiger partial charge on any atom is 0.271 e. The summed E-state index contributed by atoms with van der Waals surface area (Å²) in [4.78, 5) is 20.5. The van der Waals surface area contributed by atoms with E-state index in [1.807, 2.05) is 0 Å². The highest BCUT2D eigenvalue weighted by Gasteiger charge is 2.10. The summed E-state index contributed by atoms with van der Waals surface area (Å²) in [6.07, 6.45) is 2.82. The Labute approximate surface area is 161 Å². The van der Waals surface area contributed by atoms with Gasteiger partial charge in [-0.3, -0.25) is 4.79 Å². The lowest BCUT2D eigenvalue weighted by Crippen LogP contribution is -2.24. The quantitative estimate of drug-likeness (QED) is 0.652. The Morgan fingerprint density at radius 2 is 1.82 bits per heavy atom. The molecular weight excluding hydrogens is 363 g/mol. The van der Waals surface area contributed by atoms with Gasteiger partial charge in [-0.25, -0.2) is 14.4 Å². The molecule has 0 saturated heterocycles. The molecule has 0 spiro atoms. The number of nitrogens with zero attached hydrogens (tertiary/aromatic N) is 2. The van der Waals surface area contributed by atoms with Gasteiger partial charge in [0.2, 0.25) is 0 Å². The second-order valence-electron chi connectivity index (χ2n) is 5.79. The van der Waals surface area contributed by atoms with Crippen LogP contribution in [0, 0.1) is 5.82 Å². The Balaban J connectivity index is 1.64. The average Bonchev–Trinajstić information content (AvgIpc) is 2.73. The molecule has 28 heavy (non-hydrogen) atoms. The number of carbonyl (C=O) groups is 1. The van der Waals surface area contributed by atoms with Crippen molar-refractivity contribution in [3.63, 3.8) is 0 Å². The molecule has 0 bridgehead atoms. The van der Waals surface area contributed by atoms with Gasteiger partial charge >= 0.3 is 0 Å². The maximum atomic E-state index is 12.9. The first-order valence-electron chi connectivity index (χ1n) is 8.43. The fourth-order valence-corrected chi connectivity index (χ4v) is 2.43. The summed E-state index contributed by atoms with van der Waals surface area (Å²) in [6, 6.07) is 11.2. The molecule has 3 aromatic rings. The predicted octanol–water partition coefficient (Wildman–Crippen LogP) is 3.31. The molecule has 0 atom stereocenters. The van der Waals surface area contributed by atoms with Gasteiger partial charge in [0.15, 0.2) is 0 Å². The number of anilines is 2. The lowest BCUT2D eigenvalue weighted by atomic mass is 10.2. The minimum atomic E-state index is -0.373. The van der Waals surface area contributed by atoms with Crippen molar-refractivity contribution in [1.29, 1.82) is 0 Å². The Bertz CT molecular complexity index is 947. The van der Waals surface area contributed by atoms with Crippen LogP contribution in [0.2, 0.25) is 0 Å². The Kier molecular flexibility index (Phi) is 6.01. The number of methoxy groups -OCH3 is 2. The minimum Gasteiger partial charge on any atom is -0.497 e. The molecule has 1 amide bonds. The van der Waals surface area contributed by atoms with E-state index in [9.17, 15) is 9.18 Å². The van der Waals surface area contributed by atoms with E-state index in [1.54, 1.807) is 44.6 Å². The molecule has 1 heterocycles. The lowest BCUT2D eigenvalue weighted by molar-refractivity contribution is 0.0945. The van der Waals surface area contributed by atoms with Crippen molar-refractivity contribution < 1.29 is 18.7 Å². The Morgan fingerprint density at radius 1 is 1.04 bits per heavy atom. The largest absolute Gasteiger partial charge is 0.497 e. The molecule has 0 aliphatic heterocycles. The third-order valence-electron chi connectivity index (χ3n) is 3.92. The number of hydrogen-bond donors (Lipinski definition) is 2. The number of nitrogens with one attached hydrogen (secondary N) is 2. The number of halogens is 1. The summed E-state index contributed by atoms with van der Waals surface area (Å²) in [6.45, 7) is 0.266. The summed E-state index contributed by atoms with van der Waals surface area (Å²) < 4.78 is 23.4. The fraction of sp³-hybridized carbons (Fsp3) is 0.150. The minimum absolute atomic E-state index is 0.172. The van der Waals surface area contributed by atoms with E-state index in [-0.39, 0.29) is 24.0 Å². The molecule has 3 rings (SSSR count). The summed E-state index contributed by atoms with van der Waals surface area (Å²) in [7, 11) is 3.14. The van der Waals surface area contributed by atoms with Crippen LogP contribution in [-0.4, -0.2) is 30.1 Å². The zero-order valence-electron chi connectivity index (χ0n) is 15.4. The van der Waals surface area contributed by atoms with Crippen molar-refractivity contribution in [1.82, 2.24) is 15.3 Å². The zero-order chi connectivity index (χ0) is 19.9. The molecule has 7 nitrogen and oxygen atoms in total. The van der Waals surface area contributed by atoms with Crippen LogP contribution >= 0.6 is 0 Å². The van der Waals surface area contributed by atoms with Gasteiger partial charge in [-0.05, 0) is 29.8 Å². The second kappa shape index (κ2) is 8.81. The van der Waals surface area contributed by atoms with Crippen molar-refractivity contribution in [2.75, 3.05) is 19.5 Å². The highest BCUT2D eigenvalue weighted by molar-refractivity contribution is 5.92. The molecule has 0 fully saturated rings. The smallest absolute Gasteiger partial charge is 0.271 e. The summed E-state index contributed by atoms with van der Waals surface area (Å²) in [5.74, 6) is 1.03. The first-order valence-corrected chi connectivity index (χ1v) is 8.43. The first-order chi connectivity index (χ1) is 13.6. The van der Waals surface area contributed by atoms with Crippen LogP contribution in [0.5, 0.6) is 11.5 Å². The molecule has 0 radical (unpaired) electrons. The van der Waals surface area contributed by atoms with Gasteiger partial charge in [0.05, 0.1) is 32.3 Å². The number of amides is 1. The van der Waals surface area contributed by atoms with E-state index in [2.05, 4.69) is 20.6 Å². The van der Waals surface area contributed by atoms with Crippen LogP contribution in [0.1, 0.15) is 16.1 Å². The third kappa shape index (κ3) is 4.73. The van der Waals surface area contributed by atoms with Crippen LogP contribution < -0.4 is 20.1 Å². The monoisotopic (exact) mass is 382 g/mol. The number of ether oxygens (including phenoxy) is 2. The van der Waals surface area contributed by atoms with Crippen LogP contribution in [0.3, 0.4) is 0 Å².